The van der Waals surface area contributed by atoms with Gasteiger partial charge in [-0.15, -0.1) is 16.4 Å². The van der Waals surface area contributed by atoms with Crippen LogP contribution in [0.3, 0.4) is 0 Å². The van der Waals surface area contributed by atoms with Crippen LogP contribution in [0.2, 0.25) is 5.02 Å². The number of halogens is 1. The van der Waals surface area contributed by atoms with E-state index in [1.54, 1.807) is 36.4 Å². The van der Waals surface area contributed by atoms with E-state index in [1.807, 2.05) is 53.9 Å². The number of carbonyl (C=O) groups excluding carboxylic acids is 2. The van der Waals surface area contributed by atoms with Crippen LogP contribution in [0.4, 0.5) is 10.5 Å². The van der Waals surface area contributed by atoms with E-state index in [0.29, 0.717) is 26.8 Å². The zero-order chi connectivity index (χ0) is 21.6. The number of hydrogen-bond donors (Lipinski definition) is 2. The van der Waals surface area contributed by atoms with Crippen molar-refractivity contribution in [2.75, 3.05) is 5.32 Å². The highest BCUT2D eigenvalue weighted by Gasteiger charge is 2.15. The molecular formula is C23H17ClN4O2S. The molecule has 2 amide bonds. The highest BCUT2D eigenvalue weighted by Crippen LogP contribution is 2.20. The van der Waals surface area contributed by atoms with Gasteiger partial charge in [-0.05, 0) is 42.0 Å². The molecule has 0 aliphatic rings. The summed E-state index contributed by atoms with van der Waals surface area (Å²) in [6, 6.07) is 24.7. The monoisotopic (exact) mass is 448 g/mol. The van der Waals surface area contributed by atoms with Gasteiger partial charge in [0.15, 0.2) is 0 Å². The first-order valence-corrected chi connectivity index (χ1v) is 10.6. The molecule has 0 aliphatic heterocycles. The predicted octanol–water partition coefficient (Wildman–Crippen LogP) is 5.20. The number of nitrogens with one attached hydrogen (secondary N) is 2. The lowest BCUT2D eigenvalue weighted by molar-refractivity contribution is 0.0953. The molecule has 4 rings (SSSR count). The van der Waals surface area contributed by atoms with Gasteiger partial charge in [0.25, 0.3) is 5.91 Å². The third-order valence-electron chi connectivity index (χ3n) is 4.37. The summed E-state index contributed by atoms with van der Waals surface area (Å²) >= 11 is 7.12. The number of amides is 2. The van der Waals surface area contributed by atoms with E-state index in [2.05, 4.69) is 15.8 Å². The number of thiazole rings is 1. The third kappa shape index (κ3) is 4.91. The summed E-state index contributed by atoms with van der Waals surface area (Å²) in [4.78, 5) is 25.9. The normalized spacial score (nSPS) is 11.2. The van der Waals surface area contributed by atoms with Crippen molar-refractivity contribution < 1.29 is 9.59 Å². The summed E-state index contributed by atoms with van der Waals surface area (Å²) in [5.41, 5.74) is 5.10. The molecule has 0 radical (unpaired) electrons. The molecule has 0 aliphatic carbocycles. The zero-order valence-corrected chi connectivity index (χ0v) is 17.7. The lowest BCUT2D eigenvalue weighted by atomic mass is 10.2. The summed E-state index contributed by atoms with van der Waals surface area (Å²) in [6.45, 7) is 0. The molecular weight excluding hydrogens is 432 g/mol. The molecule has 0 spiro atoms. The molecule has 6 nitrogen and oxygen atoms in total. The number of para-hydroxylation sites is 1. The van der Waals surface area contributed by atoms with Crippen LogP contribution >= 0.6 is 22.9 Å². The Morgan fingerprint density at radius 1 is 0.871 bits per heavy atom. The van der Waals surface area contributed by atoms with Crippen LogP contribution in [0.15, 0.2) is 95.4 Å². The Kier molecular flexibility index (Phi) is 6.26. The Morgan fingerprint density at radius 3 is 2.19 bits per heavy atom. The molecule has 31 heavy (non-hydrogen) atoms. The number of hydrogen-bond acceptors (Lipinski definition) is 4. The minimum Gasteiger partial charge on any atom is -0.307 e. The van der Waals surface area contributed by atoms with Gasteiger partial charge in [-0.1, -0.05) is 60.1 Å². The zero-order valence-electron chi connectivity index (χ0n) is 16.2. The summed E-state index contributed by atoms with van der Waals surface area (Å²) in [5.74, 6) is -0.402. The summed E-state index contributed by atoms with van der Waals surface area (Å²) in [7, 11) is 0. The van der Waals surface area contributed by atoms with Gasteiger partial charge in [-0.3, -0.25) is 4.79 Å². The quantitative estimate of drug-likeness (QED) is 0.421. The topological polar surface area (TPSA) is 75.5 Å². The first kappa shape index (κ1) is 20.6. The second-order valence-electron chi connectivity index (χ2n) is 6.46. The van der Waals surface area contributed by atoms with Crippen LogP contribution in [0, 0.1) is 0 Å². The Morgan fingerprint density at radius 2 is 1.52 bits per heavy atom. The maximum atomic E-state index is 13.1. The van der Waals surface area contributed by atoms with Crippen molar-refractivity contribution in [3.8, 4) is 11.3 Å². The van der Waals surface area contributed by atoms with Crippen LogP contribution < -0.4 is 15.5 Å². The predicted molar refractivity (Wildman–Crippen MR) is 123 cm³/mol. The second-order valence-corrected chi connectivity index (χ2v) is 7.73. The largest absolute Gasteiger partial charge is 0.332 e. The molecule has 3 aromatic carbocycles. The SMILES string of the molecule is O=C(N/N=c1\scc(-c2ccccc2)n1C(=O)Nc1ccccc1)c1ccc(Cl)cc1. The highest BCUT2D eigenvalue weighted by atomic mass is 35.5. The molecule has 2 N–H and O–H groups in total. The molecule has 0 saturated carbocycles. The fourth-order valence-corrected chi connectivity index (χ4v) is 3.83. The average molecular weight is 449 g/mol. The van der Waals surface area contributed by atoms with E-state index in [0.717, 1.165) is 5.56 Å². The van der Waals surface area contributed by atoms with E-state index in [-0.39, 0.29) is 6.03 Å². The van der Waals surface area contributed by atoms with Gasteiger partial charge >= 0.3 is 6.03 Å². The third-order valence-corrected chi connectivity index (χ3v) is 5.44. The highest BCUT2D eigenvalue weighted by molar-refractivity contribution is 7.07. The Hall–Kier alpha value is -3.68. The lowest BCUT2D eigenvalue weighted by Crippen LogP contribution is -2.31. The van der Waals surface area contributed by atoms with Gasteiger partial charge in [0, 0.05) is 21.7 Å². The summed E-state index contributed by atoms with van der Waals surface area (Å²) < 4.78 is 1.44. The van der Waals surface area contributed by atoms with Crippen LogP contribution in [-0.2, 0) is 0 Å². The van der Waals surface area contributed by atoms with Crippen LogP contribution in [0.1, 0.15) is 10.4 Å². The number of benzene rings is 3. The fourth-order valence-electron chi connectivity index (χ4n) is 2.86. The maximum Gasteiger partial charge on any atom is 0.332 e. The second kappa shape index (κ2) is 9.42. The average Bonchev–Trinajstić information content (AvgIpc) is 3.23. The molecule has 0 atom stereocenters. The van der Waals surface area contributed by atoms with Gasteiger partial charge in [0.05, 0.1) is 5.69 Å². The van der Waals surface area contributed by atoms with Gasteiger partial charge in [0.1, 0.15) is 0 Å². The van der Waals surface area contributed by atoms with E-state index in [1.165, 1.54) is 15.9 Å². The maximum absolute atomic E-state index is 13.1. The molecule has 0 saturated heterocycles. The van der Waals surface area contributed by atoms with Gasteiger partial charge in [0.2, 0.25) is 4.80 Å². The number of rotatable bonds is 4. The summed E-state index contributed by atoms with van der Waals surface area (Å²) in [5, 5.41) is 9.43. The molecule has 4 aromatic rings. The van der Waals surface area contributed by atoms with E-state index in [9.17, 15) is 9.59 Å². The van der Waals surface area contributed by atoms with E-state index < -0.39 is 5.91 Å². The summed E-state index contributed by atoms with van der Waals surface area (Å²) in [6.07, 6.45) is 0. The molecule has 8 heteroatoms. The number of nitrogens with zero attached hydrogens (tertiary/aromatic N) is 2. The Labute approximate surface area is 187 Å². The van der Waals surface area contributed by atoms with Crippen molar-refractivity contribution in [3.63, 3.8) is 0 Å². The van der Waals surface area contributed by atoms with E-state index in [4.69, 9.17) is 11.6 Å². The van der Waals surface area contributed by atoms with Gasteiger partial charge < -0.3 is 5.32 Å². The number of carbonyl (C=O) groups is 2. The minimum absolute atomic E-state index is 0.328. The lowest BCUT2D eigenvalue weighted by Gasteiger charge is -2.10. The van der Waals surface area contributed by atoms with Crippen molar-refractivity contribution in [1.29, 1.82) is 0 Å². The van der Waals surface area contributed by atoms with E-state index >= 15 is 0 Å². The van der Waals surface area contributed by atoms with Crippen molar-refractivity contribution in [3.05, 3.63) is 106 Å². The van der Waals surface area contributed by atoms with Crippen LogP contribution in [0.5, 0.6) is 0 Å². The number of aromatic nitrogens is 1. The molecule has 154 valence electrons. The van der Waals surface area contributed by atoms with Crippen molar-refractivity contribution in [2.45, 2.75) is 0 Å². The van der Waals surface area contributed by atoms with Crippen LogP contribution in [0.25, 0.3) is 11.3 Å². The number of anilines is 1. The minimum atomic E-state index is -0.402. The van der Waals surface area contributed by atoms with Crippen molar-refractivity contribution in [2.24, 2.45) is 5.10 Å². The first-order chi connectivity index (χ1) is 15.1. The molecule has 0 fully saturated rings. The smallest absolute Gasteiger partial charge is 0.307 e. The fraction of sp³-hybridized carbons (Fsp3) is 0. The van der Waals surface area contributed by atoms with Crippen molar-refractivity contribution in [1.82, 2.24) is 9.99 Å². The Bertz CT molecular complexity index is 1270. The van der Waals surface area contributed by atoms with Gasteiger partial charge in [-0.25, -0.2) is 14.8 Å². The molecule has 1 aromatic heterocycles. The molecule has 0 unspecified atom stereocenters. The van der Waals surface area contributed by atoms with Crippen molar-refractivity contribution >= 4 is 40.6 Å². The standard InChI is InChI=1S/C23H17ClN4O2S/c24-18-13-11-17(12-14-18)21(29)26-27-23-28(22(30)25-19-9-5-2-6-10-19)20(15-31-23)16-7-3-1-4-8-16/h1-15H,(H,25,30)(H,26,29)/b27-23-. The molecule has 0 bridgehead atoms. The van der Waals surface area contributed by atoms with Gasteiger partial charge in [-0.2, -0.15) is 0 Å². The Balaban J connectivity index is 1.69. The first-order valence-electron chi connectivity index (χ1n) is 9.34. The van der Waals surface area contributed by atoms with Crippen LogP contribution in [-0.4, -0.2) is 16.5 Å². The molecule has 1 heterocycles.